The summed E-state index contributed by atoms with van der Waals surface area (Å²) < 4.78 is 25.2. The monoisotopic (exact) mass is 373 g/mol. The maximum Gasteiger partial charge on any atom is 0.225 e. The molecule has 1 aliphatic carbocycles. The van der Waals surface area contributed by atoms with E-state index < -0.39 is 9.84 Å². The lowest BCUT2D eigenvalue weighted by molar-refractivity contribution is -0.115. The molecule has 116 valence electrons. The number of halogens is 1. The Morgan fingerprint density at radius 3 is 2.62 bits per heavy atom. The summed E-state index contributed by atoms with van der Waals surface area (Å²) in [6.45, 7) is 1.93. The van der Waals surface area contributed by atoms with Gasteiger partial charge in [-0.2, -0.15) is 0 Å². The second-order valence-electron chi connectivity index (χ2n) is 5.54. The van der Waals surface area contributed by atoms with Crippen molar-refractivity contribution >= 4 is 37.4 Å². The molecule has 4 nitrogen and oxygen atoms in total. The Balaban J connectivity index is 1.88. The lowest BCUT2D eigenvalue weighted by Crippen LogP contribution is -2.24. The van der Waals surface area contributed by atoms with Crippen molar-refractivity contribution in [1.82, 2.24) is 0 Å². The van der Waals surface area contributed by atoms with Crippen molar-refractivity contribution in [3.63, 3.8) is 0 Å². The first kappa shape index (κ1) is 16.5. The van der Waals surface area contributed by atoms with Gasteiger partial charge in [0.05, 0.1) is 11.0 Å². The minimum atomic E-state index is -3.13. The highest BCUT2D eigenvalue weighted by atomic mass is 79.9. The molecule has 0 atom stereocenters. The zero-order valence-electron chi connectivity index (χ0n) is 12.1. The summed E-state index contributed by atoms with van der Waals surface area (Å²) >= 11 is 3.40. The summed E-state index contributed by atoms with van der Waals surface area (Å²) in [4.78, 5) is 11.9. The standard InChI is InChI=1S/C15H20BrNO3S/c1-11-10-12(6-7-14(11)16)17-15(18)8-9-21(19,20)13-4-2-3-5-13/h6-7,10,13H,2-5,8-9H2,1H3,(H,17,18). The van der Waals surface area contributed by atoms with E-state index in [1.165, 1.54) is 0 Å². The predicted molar refractivity (Wildman–Crippen MR) is 88.2 cm³/mol. The smallest absolute Gasteiger partial charge is 0.225 e. The van der Waals surface area contributed by atoms with Gasteiger partial charge in [0.2, 0.25) is 5.91 Å². The maximum absolute atomic E-state index is 12.1. The molecule has 1 aromatic carbocycles. The lowest BCUT2D eigenvalue weighted by Gasteiger charge is -2.11. The second kappa shape index (κ2) is 6.92. The van der Waals surface area contributed by atoms with Gasteiger partial charge in [0.15, 0.2) is 9.84 Å². The number of aryl methyl sites for hydroxylation is 1. The van der Waals surface area contributed by atoms with Gasteiger partial charge < -0.3 is 5.32 Å². The zero-order valence-corrected chi connectivity index (χ0v) is 14.5. The molecule has 0 radical (unpaired) electrons. The third-order valence-electron chi connectivity index (χ3n) is 3.87. The number of carbonyl (C=O) groups is 1. The third kappa shape index (κ3) is 4.54. The van der Waals surface area contributed by atoms with E-state index in [0.717, 1.165) is 35.7 Å². The first-order chi connectivity index (χ1) is 9.88. The van der Waals surface area contributed by atoms with Crippen molar-refractivity contribution in [3.8, 4) is 0 Å². The number of nitrogens with one attached hydrogen (secondary N) is 1. The SMILES string of the molecule is Cc1cc(NC(=O)CCS(=O)(=O)C2CCCC2)ccc1Br. The molecule has 0 bridgehead atoms. The molecule has 0 saturated heterocycles. The molecule has 21 heavy (non-hydrogen) atoms. The van der Waals surface area contributed by atoms with Crippen LogP contribution < -0.4 is 5.32 Å². The summed E-state index contributed by atoms with van der Waals surface area (Å²) in [5, 5.41) is 2.51. The van der Waals surface area contributed by atoms with Gasteiger partial charge in [-0.1, -0.05) is 28.8 Å². The minimum absolute atomic E-state index is 0.0218. The Labute approximate surface area is 134 Å². The molecule has 0 heterocycles. The number of rotatable bonds is 5. The van der Waals surface area contributed by atoms with E-state index in [1.54, 1.807) is 6.07 Å². The van der Waals surface area contributed by atoms with Crippen LogP contribution in [0.2, 0.25) is 0 Å². The van der Waals surface area contributed by atoms with Gasteiger partial charge in [0, 0.05) is 16.6 Å². The van der Waals surface area contributed by atoms with E-state index in [4.69, 9.17) is 0 Å². The summed E-state index contributed by atoms with van der Waals surface area (Å²) in [7, 11) is -3.13. The van der Waals surface area contributed by atoms with Crippen molar-refractivity contribution in [2.45, 2.75) is 44.3 Å². The number of sulfone groups is 1. The van der Waals surface area contributed by atoms with E-state index >= 15 is 0 Å². The van der Waals surface area contributed by atoms with Crippen molar-refractivity contribution in [1.29, 1.82) is 0 Å². The van der Waals surface area contributed by atoms with E-state index in [2.05, 4.69) is 21.2 Å². The van der Waals surface area contributed by atoms with Crippen molar-refractivity contribution in [2.24, 2.45) is 0 Å². The minimum Gasteiger partial charge on any atom is -0.326 e. The number of hydrogen-bond acceptors (Lipinski definition) is 3. The van der Waals surface area contributed by atoms with E-state index in [1.807, 2.05) is 19.1 Å². The molecule has 1 amide bonds. The first-order valence-electron chi connectivity index (χ1n) is 7.16. The van der Waals surface area contributed by atoms with E-state index in [9.17, 15) is 13.2 Å². The van der Waals surface area contributed by atoms with Gasteiger partial charge in [-0.3, -0.25) is 4.79 Å². The normalized spacial score (nSPS) is 16.1. The van der Waals surface area contributed by atoms with Crippen LogP contribution in [-0.4, -0.2) is 25.3 Å². The van der Waals surface area contributed by atoms with Crippen LogP contribution in [0.4, 0.5) is 5.69 Å². The van der Waals surface area contributed by atoms with Crippen LogP contribution in [0.3, 0.4) is 0 Å². The highest BCUT2D eigenvalue weighted by Gasteiger charge is 2.28. The molecule has 0 unspecified atom stereocenters. The maximum atomic E-state index is 12.1. The van der Waals surface area contributed by atoms with Gasteiger partial charge in [-0.05, 0) is 43.5 Å². The predicted octanol–water partition coefficient (Wildman–Crippen LogP) is 3.44. The summed E-state index contributed by atoms with van der Waals surface area (Å²) in [5.74, 6) is -0.308. The zero-order chi connectivity index (χ0) is 15.5. The van der Waals surface area contributed by atoms with E-state index in [0.29, 0.717) is 5.69 Å². The Morgan fingerprint density at radius 2 is 2.00 bits per heavy atom. The quantitative estimate of drug-likeness (QED) is 0.859. The van der Waals surface area contributed by atoms with Crippen LogP contribution >= 0.6 is 15.9 Å². The van der Waals surface area contributed by atoms with Crippen LogP contribution in [0.5, 0.6) is 0 Å². The summed E-state index contributed by atoms with van der Waals surface area (Å²) in [5.41, 5.74) is 1.71. The fourth-order valence-electron chi connectivity index (χ4n) is 2.60. The molecule has 0 spiro atoms. The van der Waals surface area contributed by atoms with E-state index in [-0.39, 0.29) is 23.3 Å². The fraction of sp³-hybridized carbons (Fsp3) is 0.533. The van der Waals surface area contributed by atoms with Crippen LogP contribution in [-0.2, 0) is 14.6 Å². The summed E-state index contributed by atoms with van der Waals surface area (Å²) in [6.07, 6.45) is 3.47. The Hall–Kier alpha value is -0.880. The molecule has 1 saturated carbocycles. The molecule has 1 aliphatic rings. The molecule has 1 N–H and O–H groups in total. The molecular formula is C15H20BrNO3S. The number of anilines is 1. The van der Waals surface area contributed by atoms with Crippen molar-refractivity contribution in [3.05, 3.63) is 28.2 Å². The van der Waals surface area contributed by atoms with Crippen LogP contribution in [0.15, 0.2) is 22.7 Å². The van der Waals surface area contributed by atoms with Gasteiger partial charge in [-0.25, -0.2) is 8.42 Å². The van der Waals surface area contributed by atoms with Crippen molar-refractivity contribution < 1.29 is 13.2 Å². The van der Waals surface area contributed by atoms with Gasteiger partial charge in [0.25, 0.3) is 0 Å². The third-order valence-corrected chi connectivity index (χ3v) is 7.02. The van der Waals surface area contributed by atoms with Crippen LogP contribution in [0, 0.1) is 6.92 Å². The number of hydrogen-bond donors (Lipinski definition) is 1. The first-order valence-corrected chi connectivity index (χ1v) is 9.67. The van der Waals surface area contributed by atoms with Gasteiger partial charge >= 0.3 is 0 Å². The molecule has 1 fully saturated rings. The molecule has 1 aromatic rings. The largest absolute Gasteiger partial charge is 0.326 e. The van der Waals surface area contributed by atoms with Crippen LogP contribution in [0.1, 0.15) is 37.7 Å². The highest BCUT2D eigenvalue weighted by molar-refractivity contribution is 9.10. The number of carbonyl (C=O) groups excluding carboxylic acids is 1. The summed E-state index contributed by atoms with van der Waals surface area (Å²) in [6, 6.07) is 5.51. The van der Waals surface area contributed by atoms with Gasteiger partial charge in [-0.15, -0.1) is 0 Å². The Kier molecular flexibility index (Phi) is 5.43. The topological polar surface area (TPSA) is 63.2 Å². The number of amides is 1. The Bertz CT molecular complexity index is 622. The van der Waals surface area contributed by atoms with Crippen LogP contribution in [0.25, 0.3) is 0 Å². The molecule has 0 aromatic heterocycles. The average molecular weight is 374 g/mol. The molecular weight excluding hydrogens is 354 g/mol. The van der Waals surface area contributed by atoms with Gasteiger partial charge in [0.1, 0.15) is 0 Å². The highest BCUT2D eigenvalue weighted by Crippen LogP contribution is 2.25. The second-order valence-corrected chi connectivity index (χ2v) is 8.79. The molecule has 6 heteroatoms. The van der Waals surface area contributed by atoms with Crippen molar-refractivity contribution in [2.75, 3.05) is 11.1 Å². The fourth-order valence-corrected chi connectivity index (χ4v) is 4.70. The number of benzene rings is 1. The molecule has 0 aliphatic heterocycles. The lowest BCUT2D eigenvalue weighted by atomic mass is 10.2. The average Bonchev–Trinajstić information content (AvgIpc) is 2.96. The Morgan fingerprint density at radius 1 is 1.33 bits per heavy atom. The molecule has 2 rings (SSSR count).